The number of rotatable bonds is 6. The molecule has 2 N–H and O–H groups in total. The molecule has 5 nitrogen and oxygen atoms in total. The highest BCUT2D eigenvalue weighted by Crippen LogP contribution is 2.18. The maximum atomic E-state index is 14.2. The molecule has 0 aliphatic rings. The number of halogens is 2. The van der Waals surface area contributed by atoms with Crippen LogP contribution >= 0.6 is 0 Å². The highest BCUT2D eigenvalue weighted by molar-refractivity contribution is 7.89. The first kappa shape index (κ1) is 20.6. The van der Waals surface area contributed by atoms with Crippen molar-refractivity contribution in [1.29, 1.82) is 0 Å². The number of carbonyl (C=O) groups is 1. The van der Waals surface area contributed by atoms with Gasteiger partial charge in [0.1, 0.15) is 11.6 Å². The molecule has 0 radical (unpaired) electrons. The molecule has 0 unspecified atom stereocenters. The average molecular weight is 416 g/mol. The standard InChI is InChI=1S/C21H18F2N2O3S/c1-14-3-2-4-17(11-14)25-21(26)19-12-18(9-10-20(19)23)29(27,28)24-13-15-5-7-16(22)8-6-15/h2-12,24H,13H2,1H3,(H,25,26). The topological polar surface area (TPSA) is 75.3 Å². The predicted molar refractivity (Wildman–Crippen MR) is 106 cm³/mol. The molecule has 0 saturated carbocycles. The molecule has 3 aromatic rings. The van der Waals surface area contributed by atoms with Crippen molar-refractivity contribution in [3.63, 3.8) is 0 Å². The fourth-order valence-corrected chi connectivity index (χ4v) is 3.67. The molecule has 0 aliphatic carbocycles. The van der Waals surface area contributed by atoms with Crippen LogP contribution < -0.4 is 10.0 Å². The Morgan fingerprint density at radius 1 is 0.966 bits per heavy atom. The Labute approximate surface area is 167 Å². The van der Waals surface area contributed by atoms with E-state index in [1.807, 2.05) is 13.0 Å². The van der Waals surface area contributed by atoms with Gasteiger partial charge < -0.3 is 5.32 Å². The quantitative estimate of drug-likeness (QED) is 0.638. The number of carbonyl (C=O) groups excluding carboxylic acids is 1. The van der Waals surface area contributed by atoms with Crippen molar-refractivity contribution in [2.45, 2.75) is 18.4 Å². The second-order valence-electron chi connectivity index (χ2n) is 6.42. The van der Waals surface area contributed by atoms with Crippen molar-refractivity contribution >= 4 is 21.6 Å². The van der Waals surface area contributed by atoms with Crippen molar-refractivity contribution in [1.82, 2.24) is 4.72 Å². The van der Waals surface area contributed by atoms with Gasteiger partial charge in [0.05, 0.1) is 10.5 Å². The average Bonchev–Trinajstić information content (AvgIpc) is 2.67. The van der Waals surface area contributed by atoms with Gasteiger partial charge in [0.15, 0.2) is 0 Å². The fraction of sp³-hybridized carbons (Fsp3) is 0.0952. The van der Waals surface area contributed by atoms with Crippen molar-refractivity contribution in [3.8, 4) is 0 Å². The van der Waals surface area contributed by atoms with E-state index in [0.29, 0.717) is 11.3 Å². The second-order valence-corrected chi connectivity index (χ2v) is 8.18. The summed E-state index contributed by atoms with van der Waals surface area (Å²) in [5.41, 5.74) is 1.53. The lowest BCUT2D eigenvalue weighted by atomic mass is 10.1. The minimum absolute atomic E-state index is 0.0786. The second kappa shape index (κ2) is 8.50. The smallest absolute Gasteiger partial charge is 0.258 e. The van der Waals surface area contributed by atoms with Gasteiger partial charge in [-0.2, -0.15) is 0 Å². The first-order valence-electron chi connectivity index (χ1n) is 8.66. The van der Waals surface area contributed by atoms with Crippen LogP contribution in [0.1, 0.15) is 21.5 Å². The summed E-state index contributed by atoms with van der Waals surface area (Å²) in [5, 5.41) is 2.55. The molecule has 0 atom stereocenters. The van der Waals surface area contributed by atoms with Gasteiger partial charge in [-0.3, -0.25) is 4.79 Å². The van der Waals surface area contributed by atoms with Crippen LogP contribution in [0.4, 0.5) is 14.5 Å². The van der Waals surface area contributed by atoms with Crippen LogP contribution in [0.5, 0.6) is 0 Å². The van der Waals surface area contributed by atoms with Gasteiger partial charge in [-0.15, -0.1) is 0 Å². The Kier molecular flexibility index (Phi) is 6.05. The lowest BCUT2D eigenvalue weighted by molar-refractivity contribution is 0.102. The Morgan fingerprint density at radius 3 is 2.38 bits per heavy atom. The molecule has 0 saturated heterocycles. The molecule has 3 rings (SSSR count). The van der Waals surface area contributed by atoms with Gasteiger partial charge in [-0.25, -0.2) is 21.9 Å². The maximum Gasteiger partial charge on any atom is 0.258 e. The highest BCUT2D eigenvalue weighted by Gasteiger charge is 2.19. The van der Waals surface area contributed by atoms with Gasteiger partial charge in [0, 0.05) is 12.2 Å². The van der Waals surface area contributed by atoms with E-state index < -0.39 is 33.1 Å². The maximum absolute atomic E-state index is 14.2. The molecule has 0 heterocycles. The van der Waals surface area contributed by atoms with Gasteiger partial charge >= 0.3 is 0 Å². The molecule has 8 heteroatoms. The van der Waals surface area contributed by atoms with Crippen LogP contribution in [0.25, 0.3) is 0 Å². The molecule has 29 heavy (non-hydrogen) atoms. The molecule has 0 aromatic heterocycles. The van der Waals surface area contributed by atoms with Gasteiger partial charge in [0.25, 0.3) is 5.91 Å². The zero-order valence-electron chi connectivity index (χ0n) is 15.4. The summed E-state index contributed by atoms with van der Waals surface area (Å²) < 4.78 is 54.5. The summed E-state index contributed by atoms with van der Waals surface area (Å²) >= 11 is 0. The lowest BCUT2D eigenvalue weighted by Crippen LogP contribution is -2.24. The van der Waals surface area contributed by atoms with Crippen LogP contribution in [0.15, 0.2) is 71.6 Å². The van der Waals surface area contributed by atoms with E-state index in [2.05, 4.69) is 10.0 Å². The lowest BCUT2D eigenvalue weighted by Gasteiger charge is -2.10. The summed E-state index contributed by atoms with van der Waals surface area (Å²) in [7, 11) is -4.01. The van der Waals surface area contributed by atoms with E-state index >= 15 is 0 Å². The summed E-state index contributed by atoms with van der Waals surface area (Å²) in [4.78, 5) is 12.2. The third-order valence-corrected chi connectivity index (χ3v) is 5.55. The number of hydrogen-bond acceptors (Lipinski definition) is 3. The zero-order chi connectivity index (χ0) is 21.0. The van der Waals surface area contributed by atoms with Crippen LogP contribution in [-0.4, -0.2) is 14.3 Å². The third-order valence-electron chi connectivity index (χ3n) is 4.15. The molecule has 0 fully saturated rings. The first-order valence-corrected chi connectivity index (χ1v) is 10.1. The van der Waals surface area contributed by atoms with Crippen LogP contribution in [0.2, 0.25) is 0 Å². The monoisotopic (exact) mass is 416 g/mol. The molecule has 0 bridgehead atoms. The Bertz CT molecular complexity index is 1150. The van der Waals surface area contributed by atoms with E-state index in [9.17, 15) is 22.0 Å². The normalized spacial score (nSPS) is 11.3. The van der Waals surface area contributed by atoms with Crippen LogP contribution in [0, 0.1) is 18.6 Å². The Hall–Kier alpha value is -3.10. The number of anilines is 1. The molecule has 0 spiro atoms. The number of benzene rings is 3. The SMILES string of the molecule is Cc1cccc(NC(=O)c2cc(S(=O)(=O)NCc3ccc(F)cc3)ccc2F)c1. The van der Waals surface area contributed by atoms with E-state index in [-0.39, 0.29) is 11.4 Å². The van der Waals surface area contributed by atoms with Crippen LogP contribution in [0.3, 0.4) is 0 Å². The summed E-state index contributed by atoms with van der Waals surface area (Å²) in [6.07, 6.45) is 0. The molecule has 150 valence electrons. The summed E-state index contributed by atoms with van der Waals surface area (Å²) in [5.74, 6) is -2.03. The Balaban J connectivity index is 1.79. The van der Waals surface area contributed by atoms with Crippen molar-refractivity contribution in [2.24, 2.45) is 0 Å². The van der Waals surface area contributed by atoms with E-state index in [0.717, 1.165) is 23.8 Å². The van der Waals surface area contributed by atoms with E-state index in [4.69, 9.17) is 0 Å². The molecule has 1 amide bonds. The number of amides is 1. The molecule has 0 aliphatic heterocycles. The molecular formula is C21H18F2N2O3S. The van der Waals surface area contributed by atoms with Crippen molar-refractivity contribution < 1.29 is 22.0 Å². The van der Waals surface area contributed by atoms with Gasteiger partial charge in [-0.05, 0) is 60.5 Å². The number of aryl methyl sites for hydroxylation is 1. The summed E-state index contributed by atoms with van der Waals surface area (Å²) in [6.45, 7) is 1.76. The van der Waals surface area contributed by atoms with Crippen molar-refractivity contribution in [2.75, 3.05) is 5.32 Å². The molecule has 3 aromatic carbocycles. The van der Waals surface area contributed by atoms with E-state index in [1.165, 1.54) is 24.3 Å². The van der Waals surface area contributed by atoms with E-state index in [1.54, 1.807) is 18.2 Å². The number of hydrogen-bond donors (Lipinski definition) is 2. The molecular weight excluding hydrogens is 398 g/mol. The Morgan fingerprint density at radius 2 is 1.69 bits per heavy atom. The van der Waals surface area contributed by atoms with Crippen molar-refractivity contribution in [3.05, 3.63) is 95.1 Å². The minimum atomic E-state index is -4.01. The fourth-order valence-electron chi connectivity index (χ4n) is 2.63. The van der Waals surface area contributed by atoms with Gasteiger partial charge in [0.2, 0.25) is 10.0 Å². The zero-order valence-corrected chi connectivity index (χ0v) is 16.3. The van der Waals surface area contributed by atoms with Gasteiger partial charge in [-0.1, -0.05) is 24.3 Å². The number of sulfonamides is 1. The predicted octanol–water partition coefficient (Wildman–Crippen LogP) is 4.00. The van der Waals surface area contributed by atoms with Crippen LogP contribution in [-0.2, 0) is 16.6 Å². The highest BCUT2D eigenvalue weighted by atomic mass is 32.2. The largest absolute Gasteiger partial charge is 0.322 e. The summed E-state index contributed by atoms with van der Waals surface area (Å²) in [6, 6.07) is 15.2. The minimum Gasteiger partial charge on any atom is -0.322 e. The first-order chi connectivity index (χ1) is 13.7. The third kappa shape index (κ3) is 5.24. The number of nitrogens with one attached hydrogen (secondary N) is 2.